The van der Waals surface area contributed by atoms with Crippen molar-refractivity contribution in [1.29, 1.82) is 0 Å². The fraction of sp³-hybridized carbons (Fsp3) is 1.00. The summed E-state index contributed by atoms with van der Waals surface area (Å²) in [5.74, 6) is 0. The third-order valence-corrected chi connectivity index (χ3v) is 4.28. The number of rotatable bonds is 4. The topological polar surface area (TPSA) is 72.2 Å². The molecule has 3 N–H and O–H groups in total. The number of halogens is 3. The summed E-state index contributed by atoms with van der Waals surface area (Å²) in [7, 11) is -3.54. The number of hydrogen-bond acceptors (Lipinski definition) is 3. The van der Waals surface area contributed by atoms with Crippen LogP contribution in [0.2, 0.25) is 0 Å². The van der Waals surface area contributed by atoms with Crippen molar-refractivity contribution in [2.45, 2.75) is 49.6 Å². The fourth-order valence-corrected chi connectivity index (χ4v) is 2.76. The van der Waals surface area contributed by atoms with E-state index in [2.05, 4.69) is 5.32 Å². The van der Waals surface area contributed by atoms with Crippen molar-refractivity contribution in [3.05, 3.63) is 0 Å². The van der Waals surface area contributed by atoms with E-state index in [0.29, 0.717) is 19.3 Å². The zero-order chi connectivity index (χ0) is 13.1. The summed E-state index contributed by atoms with van der Waals surface area (Å²) in [5, 5.41) is 7.32. The molecule has 4 nitrogen and oxygen atoms in total. The highest BCUT2D eigenvalue weighted by Crippen LogP contribution is 2.24. The Morgan fingerprint density at radius 2 is 1.94 bits per heavy atom. The summed E-state index contributed by atoms with van der Waals surface area (Å²) in [6, 6.07) is -0.0321. The number of hydrogen-bond donors (Lipinski definition) is 2. The van der Waals surface area contributed by atoms with Gasteiger partial charge in [-0.25, -0.2) is 13.6 Å². The number of piperidine rings is 1. The molecule has 0 bridgehead atoms. The first-order valence-corrected chi connectivity index (χ1v) is 7.11. The molecule has 0 spiro atoms. The van der Waals surface area contributed by atoms with Crippen molar-refractivity contribution in [2.24, 2.45) is 5.14 Å². The van der Waals surface area contributed by atoms with Gasteiger partial charge in [0, 0.05) is 19.0 Å². The first-order valence-electron chi connectivity index (χ1n) is 5.50. The van der Waals surface area contributed by atoms with E-state index in [1.807, 2.05) is 0 Å². The molecule has 0 saturated carbocycles. The van der Waals surface area contributed by atoms with E-state index in [-0.39, 0.29) is 19.0 Å². The summed E-state index contributed by atoms with van der Waals surface area (Å²) in [6.45, 7) is 0.232. The minimum absolute atomic E-state index is 0.0321. The van der Waals surface area contributed by atoms with Crippen LogP contribution in [0.1, 0.15) is 32.1 Å². The number of alkyl halides is 3. The molecule has 8 heteroatoms. The van der Waals surface area contributed by atoms with Crippen molar-refractivity contribution < 1.29 is 21.6 Å². The molecule has 0 aromatic heterocycles. The number of primary sulfonamides is 1. The van der Waals surface area contributed by atoms with E-state index >= 15 is 0 Å². The molecule has 1 fully saturated rings. The van der Waals surface area contributed by atoms with Gasteiger partial charge in [-0.3, -0.25) is 0 Å². The minimum Gasteiger partial charge on any atom is -0.313 e. The molecule has 1 rings (SSSR count). The number of nitrogens with two attached hydrogens (primary N) is 1. The lowest BCUT2D eigenvalue weighted by atomic mass is 9.99. The normalized spacial score (nSPS) is 27.1. The van der Waals surface area contributed by atoms with E-state index < -0.39 is 27.9 Å². The lowest BCUT2D eigenvalue weighted by molar-refractivity contribution is -0.135. The van der Waals surface area contributed by atoms with Gasteiger partial charge in [0.25, 0.3) is 0 Å². The quantitative estimate of drug-likeness (QED) is 0.807. The van der Waals surface area contributed by atoms with Crippen LogP contribution < -0.4 is 10.5 Å². The Bertz CT molecular complexity index is 335. The first kappa shape index (κ1) is 14.7. The van der Waals surface area contributed by atoms with Gasteiger partial charge in [0.1, 0.15) is 0 Å². The molecule has 0 aromatic carbocycles. The zero-order valence-corrected chi connectivity index (χ0v) is 10.1. The van der Waals surface area contributed by atoms with Crippen LogP contribution in [0.15, 0.2) is 0 Å². The average molecular weight is 274 g/mol. The van der Waals surface area contributed by atoms with Gasteiger partial charge in [-0.05, 0) is 25.7 Å². The maximum absolute atomic E-state index is 11.9. The molecular weight excluding hydrogens is 257 g/mol. The van der Waals surface area contributed by atoms with E-state index in [4.69, 9.17) is 5.14 Å². The third kappa shape index (κ3) is 5.69. The lowest BCUT2D eigenvalue weighted by Crippen LogP contribution is -2.46. The van der Waals surface area contributed by atoms with Crippen molar-refractivity contribution in [1.82, 2.24) is 5.32 Å². The molecule has 2 unspecified atom stereocenters. The van der Waals surface area contributed by atoms with E-state index in [1.165, 1.54) is 0 Å². The van der Waals surface area contributed by atoms with Gasteiger partial charge in [0.05, 0.1) is 5.25 Å². The fourth-order valence-electron chi connectivity index (χ4n) is 1.97. The summed E-state index contributed by atoms with van der Waals surface area (Å²) >= 11 is 0. The minimum atomic E-state index is -4.11. The predicted molar refractivity (Wildman–Crippen MR) is 57.8 cm³/mol. The van der Waals surface area contributed by atoms with Gasteiger partial charge in [-0.2, -0.15) is 13.2 Å². The Hall–Kier alpha value is -0.340. The number of sulfonamides is 1. The molecule has 1 aliphatic heterocycles. The summed E-state index contributed by atoms with van der Waals surface area (Å²) < 4.78 is 57.8. The summed E-state index contributed by atoms with van der Waals surface area (Å²) in [6.07, 6.45) is -3.44. The van der Waals surface area contributed by atoms with Gasteiger partial charge in [0.15, 0.2) is 0 Å². The van der Waals surface area contributed by atoms with Crippen LogP contribution in [-0.4, -0.2) is 32.4 Å². The van der Waals surface area contributed by atoms with Gasteiger partial charge in [-0.15, -0.1) is 0 Å². The smallest absolute Gasteiger partial charge is 0.313 e. The highest BCUT2D eigenvalue weighted by atomic mass is 32.2. The monoisotopic (exact) mass is 274 g/mol. The molecule has 1 saturated heterocycles. The van der Waals surface area contributed by atoms with Gasteiger partial charge in [0.2, 0.25) is 10.0 Å². The van der Waals surface area contributed by atoms with Crippen LogP contribution in [0.5, 0.6) is 0 Å². The Morgan fingerprint density at radius 3 is 2.35 bits per heavy atom. The predicted octanol–water partition coefficient (Wildman–Crippen LogP) is 1.13. The molecule has 0 amide bonds. The van der Waals surface area contributed by atoms with E-state index in [9.17, 15) is 21.6 Å². The Morgan fingerprint density at radius 1 is 1.29 bits per heavy atom. The van der Waals surface area contributed by atoms with Crippen molar-refractivity contribution in [2.75, 3.05) is 6.54 Å². The Labute approximate surface area is 98.8 Å². The molecule has 1 aliphatic rings. The van der Waals surface area contributed by atoms with Crippen LogP contribution >= 0.6 is 0 Å². The van der Waals surface area contributed by atoms with Crippen molar-refractivity contribution in [3.8, 4) is 0 Å². The first-order chi connectivity index (χ1) is 7.68. The Balaban J connectivity index is 2.24. The van der Waals surface area contributed by atoms with Gasteiger partial charge < -0.3 is 5.32 Å². The molecule has 0 aliphatic carbocycles. The van der Waals surface area contributed by atoms with Crippen LogP contribution in [0, 0.1) is 0 Å². The van der Waals surface area contributed by atoms with Gasteiger partial charge >= 0.3 is 6.18 Å². The second-order valence-electron chi connectivity index (χ2n) is 4.40. The summed E-state index contributed by atoms with van der Waals surface area (Å²) in [4.78, 5) is 0. The molecule has 0 radical (unpaired) electrons. The maximum atomic E-state index is 11.9. The highest BCUT2D eigenvalue weighted by Gasteiger charge is 2.30. The largest absolute Gasteiger partial charge is 0.389 e. The van der Waals surface area contributed by atoms with Crippen LogP contribution in [0.4, 0.5) is 13.2 Å². The molecular formula is C9H17F3N2O2S. The second-order valence-corrected chi connectivity index (χ2v) is 6.25. The molecule has 0 aromatic rings. The summed E-state index contributed by atoms with van der Waals surface area (Å²) in [5.41, 5.74) is 0. The molecule has 102 valence electrons. The van der Waals surface area contributed by atoms with Crippen LogP contribution in [0.25, 0.3) is 0 Å². The highest BCUT2D eigenvalue weighted by molar-refractivity contribution is 7.89. The average Bonchev–Trinajstić information content (AvgIpc) is 2.15. The van der Waals surface area contributed by atoms with Gasteiger partial charge in [-0.1, -0.05) is 0 Å². The zero-order valence-electron chi connectivity index (χ0n) is 9.33. The SMILES string of the molecule is NS(=O)(=O)C1CCC(CCCC(F)(F)F)NC1. The standard InChI is InChI=1S/C9H17F3N2O2S/c10-9(11,12)5-1-2-7-3-4-8(6-14-7)17(13,15)16/h7-8,14H,1-6H2,(H2,13,15,16). The van der Waals surface area contributed by atoms with E-state index in [0.717, 1.165) is 0 Å². The third-order valence-electron chi connectivity index (χ3n) is 2.95. The molecule has 2 atom stereocenters. The Kier molecular flexibility index (Phi) is 4.79. The lowest BCUT2D eigenvalue weighted by Gasteiger charge is -2.28. The van der Waals surface area contributed by atoms with Crippen molar-refractivity contribution in [3.63, 3.8) is 0 Å². The molecule has 17 heavy (non-hydrogen) atoms. The van der Waals surface area contributed by atoms with E-state index in [1.54, 1.807) is 0 Å². The van der Waals surface area contributed by atoms with Crippen LogP contribution in [0.3, 0.4) is 0 Å². The van der Waals surface area contributed by atoms with Crippen LogP contribution in [-0.2, 0) is 10.0 Å². The number of nitrogens with one attached hydrogen (secondary N) is 1. The maximum Gasteiger partial charge on any atom is 0.389 e. The molecule has 1 heterocycles. The second kappa shape index (κ2) is 5.53. The van der Waals surface area contributed by atoms with Crippen molar-refractivity contribution >= 4 is 10.0 Å².